The molecule has 0 heterocycles. The van der Waals surface area contributed by atoms with Gasteiger partial charge in [0.1, 0.15) is 5.75 Å². The normalized spacial score (nSPS) is 10.3. The van der Waals surface area contributed by atoms with Crippen LogP contribution in [0.25, 0.3) is 0 Å². The molecule has 0 atom stereocenters. The van der Waals surface area contributed by atoms with E-state index < -0.39 is 4.92 Å². The van der Waals surface area contributed by atoms with Gasteiger partial charge >= 0.3 is 0 Å². The van der Waals surface area contributed by atoms with Crippen LogP contribution in [0.5, 0.6) is 5.75 Å². The Bertz CT molecular complexity index is 1180. The van der Waals surface area contributed by atoms with Crippen LogP contribution in [0.2, 0.25) is 0 Å². The zero-order chi connectivity index (χ0) is 24.5. The number of nitrogens with zero attached hydrogens (tertiary/aromatic N) is 1. The molecule has 3 N–H and O–H groups in total. The maximum atomic E-state index is 12.6. The lowest BCUT2D eigenvalue weighted by molar-refractivity contribution is -0.384. The van der Waals surface area contributed by atoms with E-state index in [1.165, 1.54) is 12.1 Å². The van der Waals surface area contributed by atoms with Gasteiger partial charge in [0.2, 0.25) is 0 Å². The molecule has 0 fully saturated rings. The van der Waals surface area contributed by atoms with E-state index in [9.17, 15) is 19.7 Å². The number of aryl methyl sites for hydroxylation is 1. The monoisotopic (exact) mass is 462 g/mol. The highest BCUT2D eigenvalue weighted by Crippen LogP contribution is 2.20. The Kier molecular flexibility index (Phi) is 8.17. The van der Waals surface area contributed by atoms with Gasteiger partial charge in [0.25, 0.3) is 17.5 Å². The molecule has 0 spiro atoms. The smallest absolute Gasteiger partial charge is 0.269 e. The summed E-state index contributed by atoms with van der Waals surface area (Å²) in [4.78, 5) is 35.2. The van der Waals surface area contributed by atoms with Crippen molar-refractivity contribution in [3.63, 3.8) is 0 Å². The van der Waals surface area contributed by atoms with Crippen molar-refractivity contribution in [3.8, 4) is 5.75 Å². The summed E-state index contributed by atoms with van der Waals surface area (Å²) >= 11 is 0. The number of amides is 2. The van der Waals surface area contributed by atoms with Crippen molar-refractivity contribution in [2.75, 3.05) is 30.3 Å². The number of hydrogen-bond donors (Lipinski definition) is 3. The second-order valence-corrected chi connectivity index (χ2v) is 7.57. The summed E-state index contributed by atoms with van der Waals surface area (Å²) in [6, 6.07) is 18.4. The van der Waals surface area contributed by atoms with Gasteiger partial charge < -0.3 is 20.7 Å². The maximum Gasteiger partial charge on any atom is 0.269 e. The number of nitro groups is 1. The van der Waals surface area contributed by atoms with Crippen LogP contribution in [0.4, 0.5) is 17.1 Å². The van der Waals surface area contributed by atoms with Crippen molar-refractivity contribution in [2.24, 2.45) is 0 Å². The Morgan fingerprint density at radius 2 is 1.68 bits per heavy atom. The Morgan fingerprint density at radius 3 is 2.41 bits per heavy atom. The molecule has 0 radical (unpaired) electrons. The lowest BCUT2D eigenvalue weighted by Crippen LogP contribution is -2.29. The molecule has 176 valence electrons. The first-order chi connectivity index (χ1) is 16.3. The number of carbonyl (C=O) groups excluding carboxylic acids is 2. The zero-order valence-electron chi connectivity index (χ0n) is 19.0. The molecule has 0 saturated carbocycles. The van der Waals surface area contributed by atoms with Crippen molar-refractivity contribution in [2.45, 2.75) is 13.8 Å². The van der Waals surface area contributed by atoms with Crippen LogP contribution in [0.15, 0.2) is 66.7 Å². The minimum absolute atomic E-state index is 0.0122. The van der Waals surface area contributed by atoms with E-state index in [4.69, 9.17) is 4.74 Å². The van der Waals surface area contributed by atoms with Gasteiger partial charge in [-0.15, -0.1) is 0 Å². The summed E-state index contributed by atoms with van der Waals surface area (Å²) in [5.41, 5.74) is 3.82. The predicted octanol–water partition coefficient (Wildman–Crippen LogP) is 4.07. The van der Waals surface area contributed by atoms with Gasteiger partial charge in [-0.1, -0.05) is 24.3 Å². The zero-order valence-corrected chi connectivity index (χ0v) is 19.0. The topological polar surface area (TPSA) is 123 Å². The molecule has 0 aliphatic heterocycles. The number of benzene rings is 3. The summed E-state index contributed by atoms with van der Waals surface area (Å²) in [7, 11) is 0. The molecule has 34 heavy (non-hydrogen) atoms. The van der Waals surface area contributed by atoms with Crippen LogP contribution < -0.4 is 20.7 Å². The van der Waals surface area contributed by atoms with Gasteiger partial charge in [-0.2, -0.15) is 0 Å². The first-order valence-electron chi connectivity index (χ1n) is 10.7. The molecule has 0 saturated heterocycles. The third kappa shape index (κ3) is 6.55. The van der Waals surface area contributed by atoms with Crippen molar-refractivity contribution in [1.29, 1.82) is 0 Å². The van der Waals surface area contributed by atoms with Gasteiger partial charge in [-0.25, -0.2) is 0 Å². The number of non-ortho nitro benzene ring substituents is 1. The molecule has 0 aliphatic rings. The lowest BCUT2D eigenvalue weighted by atomic mass is 10.1. The van der Waals surface area contributed by atoms with E-state index in [1.807, 2.05) is 32.0 Å². The van der Waals surface area contributed by atoms with Crippen LogP contribution in [-0.2, 0) is 4.79 Å². The molecule has 0 bridgehead atoms. The molecule has 3 aromatic carbocycles. The van der Waals surface area contributed by atoms with Crippen LogP contribution >= 0.6 is 0 Å². The highest BCUT2D eigenvalue weighted by Gasteiger charge is 2.14. The summed E-state index contributed by atoms with van der Waals surface area (Å²) in [6.07, 6.45) is 0. The molecule has 3 rings (SSSR count). The van der Waals surface area contributed by atoms with Crippen LogP contribution in [0.3, 0.4) is 0 Å². The van der Waals surface area contributed by atoms with Gasteiger partial charge in [-0.05, 0) is 55.3 Å². The highest BCUT2D eigenvalue weighted by atomic mass is 16.6. The number of hydrogen-bond acceptors (Lipinski definition) is 6. The largest absolute Gasteiger partial charge is 0.483 e. The summed E-state index contributed by atoms with van der Waals surface area (Å²) in [6.45, 7) is 4.40. The van der Waals surface area contributed by atoms with Crippen LogP contribution in [0.1, 0.15) is 21.5 Å². The number of nitrogens with one attached hydrogen (secondary N) is 3. The molecule has 0 aliphatic carbocycles. The average Bonchev–Trinajstić information content (AvgIpc) is 2.83. The number of rotatable bonds is 10. The van der Waals surface area contributed by atoms with Crippen molar-refractivity contribution < 1.29 is 19.2 Å². The first-order valence-corrected chi connectivity index (χ1v) is 10.7. The molecular formula is C25H26N4O5. The molecular weight excluding hydrogens is 436 g/mol. The Labute approximate surface area is 197 Å². The third-order valence-electron chi connectivity index (χ3n) is 5.19. The SMILES string of the molecule is Cc1cccc(NC(=O)COc2ccccc2C(=O)NCCNc2ccc([N+](=O)[O-])cc2)c1C. The fourth-order valence-electron chi connectivity index (χ4n) is 3.18. The summed E-state index contributed by atoms with van der Waals surface area (Å²) < 4.78 is 5.62. The van der Waals surface area contributed by atoms with Crippen LogP contribution in [0, 0.1) is 24.0 Å². The highest BCUT2D eigenvalue weighted by molar-refractivity contribution is 5.97. The Hall–Kier alpha value is -4.40. The van der Waals surface area contributed by atoms with Gasteiger partial charge in [0.05, 0.1) is 10.5 Å². The maximum absolute atomic E-state index is 12.6. The van der Waals surface area contributed by atoms with E-state index in [0.29, 0.717) is 30.1 Å². The minimum atomic E-state index is -0.462. The molecule has 2 amide bonds. The number of carbonyl (C=O) groups is 2. The summed E-state index contributed by atoms with van der Waals surface area (Å²) in [5.74, 6) is -0.355. The second-order valence-electron chi connectivity index (χ2n) is 7.57. The molecule has 9 heteroatoms. The second kappa shape index (κ2) is 11.5. The quantitative estimate of drug-likeness (QED) is 0.237. The summed E-state index contributed by atoms with van der Waals surface area (Å²) in [5, 5.41) is 19.4. The number of nitro benzene ring substituents is 1. The number of para-hydroxylation sites is 1. The first kappa shape index (κ1) is 24.2. The number of anilines is 2. The fraction of sp³-hybridized carbons (Fsp3) is 0.200. The van der Waals surface area contributed by atoms with E-state index in [0.717, 1.165) is 16.8 Å². The van der Waals surface area contributed by atoms with Crippen molar-refractivity contribution >= 4 is 28.9 Å². The van der Waals surface area contributed by atoms with E-state index in [2.05, 4.69) is 16.0 Å². The van der Waals surface area contributed by atoms with E-state index in [1.54, 1.807) is 36.4 Å². The van der Waals surface area contributed by atoms with Gasteiger partial charge in [0.15, 0.2) is 6.61 Å². The van der Waals surface area contributed by atoms with E-state index >= 15 is 0 Å². The van der Waals surface area contributed by atoms with Gasteiger partial charge in [-0.3, -0.25) is 19.7 Å². The van der Waals surface area contributed by atoms with Gasteiger partial charge in [0, 0.05) is 36.6 Å². The van der Waals surface area contributed by atoms with E-state index in [-0.39, 0.29) is 24.1 Å². The lowest BCUT2D eigenvalue weighted by Gasteiger charge is -2.13. The van der Waals surface area contributed by atoms with Crippen LogP contribution in [-0.4, -0.2) is 36.4 Å². The molecule has 0 unspecified atom stereocenters. The predicted molar refractivity (Wildman–Crippen MR) is 130 cm³/mol. The molecule has 0 aromatic heterocycles. The Morgan fingerprint density at radius 1 is 0.941 bits per heavy atom. The third-order valence-corrected chi connectivity index (χ3v) is 5.19. The fourth-order valence-corrected chi connectivity index (χ4v) is 3.18. The Balaban J connectivity index is 1.49. The molecule has 3 aromatic rings. The van der Waals surface area contributed by atoms with Crippen molar-refractivity contribution in [1.82, 2.24) is 5.32 Å². The van der Waals surface area contributed by atoms with Crippen molar-refractivity contribution in [3.05, 3.63) is 93.5 Å². The molecule has 9 nitrogen and oxygen atoms in total. The average molecular weight is 463 g/mol. The number of ether oxygens (including phenoxy) is 1. The standard InChI is InChI=1S/C25H26N4O5/c1-17-6-5-8-22(18(17)2)28-24(30)16-34-23-9-4-3-7-21(23)25(31)27-15-14-26-19-10-12-20(13-11-19)29(32)33/h3-13,26H,14-16H2,1-2H3,(H,27,31)(H,28,30). The minimum Gasteiger partial charge on any atom is -0.483 e.